The predicted molar refractivity (Wildman–Crippen MR) is 128 cm³/mol. The topological polar surface area (TPSA) is 60.9 Å². The molecule has 1 aliphatic carbocycles. The molecule has 5 rings (SSSR count). The number of rotatable bonds is 4. The van der Waals surface area contributed by atoms with Gasteiger partial charge in [-0.15, -0.1) is 0 Å². The Bertz CT molecular complexity index is 1110. The van der Waals surface area contributed by atoms with Crippen LogP contribution in [0.25, 0.3) is 0 Å². The van der Waals surface area contributed by atoms with Crippen LogP contribution in [0.2, 0.25) is 0 Å². The lowest BCUT2D eigenvalue weighted by Gasteiger charge is -2.43. The number of aryl methyl sites for hydroxylation is 2. The number of hydrogen-bond acceptors (Lipinski definition) is 4. The van der Waals surface area contributed by atoms with E-state index < -0.39 is 10.0 Å². The number of nitrogens with zero attached hydrogens (tertiary/aromatic N) is 3. The molecule has 1 unspecified atom stereocenters. The second kappa shape index (κ2) is 9.20. The van der Waals surface area contributed by atoms with Crippen LogP contribution in [0.3, 0.4) is 0 Å². The summed E-state index contributed by atoms with van der Waals surface area (Å²) in [5.74, 6) is 0.0534. The summed E-state index contributed by atoms with van der Waals surface area (Å²) < 4.78 is 28.1. The molecular weight excluding hydrogens is 434 g/mol. The first-order valence-corrected chi connectivity index (χ1v) is 13.5. The molecule has 0 aromatic heterocycles. The molecule has 0 N–H and O–H groups in total. The van der Waals surface area contributed by atoms with Crippen LogP contribution in [0.1, 0.15) is 42.0 Å². The third kappa shape index (κ3) is 4.46. The van der Waals surface area contributed by atoms with Gasteiger partial charge >= 0.3 is 0 Å². The number of likely N-dealkylation sites (N-methyl/N-ethyl adjacent to an activating group) is 1. The molecule has 0 saturated carbocycles. The molecule has 0 radical (unpaired) electrons. The monoisotopic (exact) mass is 467 g/mol. The Kier molecular flexibility index (Phi) is 6.29. The first-order chi connectivity index (χ1) is 15.9. The van der Waals surface area contributed by atoms with Crippen molar-refractivity contribution in [1.82, 2.24) is 14.1 Å². The van der Waals surface area contributed by atoms with Crippen LogP contribution in [0.4, 0.5) is 0 Å². The van der Waals surface area contributed by atoms with Gasteiger partial charge in [-0.1, -0.05) is 36.4 Å². The molecule has 2 fully saturated rings. The average molecular weight is 468 g/mol. The number of carbonyl (C=O) groups excluding carboxylic acids is 1. The summed E-state index contributed by atoms with van der Waals surface area (Å²) in [6, 6.07) is 15.9. The molecular formula is C26H33N3O3S. The molecule has 1 atom stereocenters. The lowest BCUT2D eigenvalue weighted by molar-refractivity contribution is -0.141. The van der Waals surface area contributed by atoms with Gasteiger partial charge in [-0.2, -0.15) is 4.31 Å². The van der Waals surface area contributed by atoms with Crippen molar-refractivity contribution < 1.29 is 13.2 Å². The summed E-state index contributed by atoms with van der Waals surface area (Å²) in [5.41, 5.74) is 3.61. The predicted octanol–water partition coefficient (Wildman–Crippen LogP) is 3.09. The minimum atomic E-state index is -3.52. The van der Waals surface area contributed by atoms with Crippen LogP contribution >= 0.6 is 0 Å². The van der Waals surface area contributed by atoms with Crippen LogP contribution in [-0.2, 0) is 27.7 Å². The Morgan fingerprint density at radius 3 is 2.39 bits per heavy atom. The quantitative estimate of drug-likeness (QED) is 0.693. The van der Waals surface area contributed by atoms with Crippen LogP contribution in [0.15, 0.2) is 53.4 Å². The van der Waals surface area contributed by atoms with Crippen molar-refractivity contribution in [2.75, 3.05) is 39.8 Å². The zero-order valence-corrected chi connectivity index (χ0v) is 20.1. The molecule has 176 valence electrons. The number of benzene rings is 2. The Labute approximate surface area is 197 Å². The SMILES string of the molecule is CN1CCN(C(=O)C2CCN(S(=O)(=O)c3ccc4c(c3)CCC4)CC2)C(c2ccccc2)C1. The standard InChI is InChI=1S/C26H33N3O3S/c1-27-16-17-29(25(19-27)21-6-3-2-4-7-21)26(30)22-12-14-28(15-13-22)33(31,32)24-11-10-20-8-5-9-23(20)18-24/h2-4,6-7,10-11,18,22,25H,5,8-9,12-17,19H2,1H3. The largest absolute Gasteiger partial charge is 0.333 e. The van der Waals surface area contributed by atoms with Gasteiger partial charge in [0.15, 0.2) is 0 Å². The molecule has 2 aliphatic heterocycles. The van der Waals surface area contributed by atoms with Gasteiger partial charge < -0.3 is 9.80 Å². The molecule has 2 heterocycles. The normalized spacial score (nSPS) is 22.9. The van der Waals surface area contributed by atoms with Gasteiger partial charge in [-0.05, 0) is 68.0 Å². The number of piperidine rings is 1. The molecule has 6 nitrogen and oxygen atoms in total. The van der Waals surface area contributed by atoms with E-state index in [1.54, 1.807) is 10.4 Å². The lowest BCUT2D eigenvalue weighted by Crippen LogP contribution is -2.52. The van der Waals surface area contributed by atoms with Crippen molar-refractivity contribution in [2.45, 2.75) is 43.0 Å². The highest BCUT2D eigenvalue weighted by molar-refractivity contribution is 7.89. The first-order valence-electron chi connectivity index (χ1n) is 12.1. The zero-order valence-electron chi connectivity index (χ0n) is 19.3. The molecule has 3 aliphatic rings. The number of carbonyl (C=O) groups is 1. The third-order valence-corrected chi connectivity index (χ3v) is 9.46. The average Bonchev–Trinajstić information content (AvgIpc) is 3.32. The minimum absolute atomic E-state index is 0.0469. The van der Waals surface area contributed by atoms with Crippen LogP contribution in [0.5, 0.6) is 0 Å². The van der Waals surface area contributed by atoms with Crippen molar-refractivity contribution in [3.8, 4) is 0 Å². The van der Waals surface area contributed by atoms with E-state index in [0.717, 1.165) is 37.9 Å². The van der Waals surface area contributed by atoms with Crippen molar-refractivity contribution in [2.24, 2.45) is 5.92 Å². The summed E-state index contributed by atoms with van der Waals surface area (Å²) in [6.45, 7) is 3.20. The van der Waals surface area contributed by atoms with Crippen molar-refractivity contribution in [1.29, 1.82) is 0 Å². The van der Waals surface area contributed by atoms with E-state index in [0.29, 0.717) is 37.4 Å². The summed E-state index contributed by atoms with van der Waals surface area (Å²) in [6.07, 6.45) is 4.26. The zero-order chi connectivity index (χ0) is 23.0. The Balaban J connectivity index is 1.27. The molecule has 0 bridgehead atoms. The van der Waals surface area contributed by atoms with Crippen LogP contribution < -0.4 is 0 Å². The van der Waals surface area contributed by atoms with E-state index in [1.165, 1.54) is 11.1 Å². The second-order valence-electron chi connectivity index (χ2n) is 9.68. The number of fused-ring (bicyclic) bond motifs is 1. The Morgan fingerprint density at radius 2 is 1.64 bits per heavy atom. The van der Waals surface area contributed by atoms with Gasteiger partial charge in [0.2, 0.25) is 15.9 Å². The molecule has 33 heavy (non-hydrogen) atoms. The highest BCUT2D eigenvalue weighted by Gasteiger charge is 2.37. The van der Waals surface area contributed by atoms with Gasteiger partial charge in [0.05, 0.1) is 10.9 Å². The third-order valence-electron chi connectivity index (χ3n) is 7.56. The highest BCUT2D eigenvalue weighted by atomic mass is 32.2. The van der Waals surface area contributed by atoms with Crippen LogP contribution in [0, 0.1) is 5.92 Å². The fourth-order valence-corrected chi connectivity index (χ4v) is 7.10. The highest BCUT2D eigenvalue weighted by Crippen LogP contribution is 2.32. The van der Waals surface area contributed by atoms with Gasteiger partial charge in [0.1, 0.15) is 0 Å². The summed E-state index contributed by atoms with van der Waals surface area (Å²) in [5, 5.41) is 0. The number of hydrogen-bond donors (Lipinski definition) is 0. The van der Waals surface area contributed by atoms with E-state index >= 15 is 0 Å². The summed E-state index contributed by atoms with van der Waals surface area (Å²) in [7, 11) is -1.42. The van der Waals surface area contributed by atoms with E-state index in [2.05, 4.69) is 24.1 Å². The van der Waals surface area contributed by atoms with Crippen molar-refractivity contribution >= 4 is 15.9 Å². The molecule has 1 amide bonds. The fourth-order valence-electron chi connectivity index (χ4n) is 5.58. The molecule has 2 aromatic rings. The number of sulfonamides is 1. The molecule has 7 heteroatoms. The molecule has 2 aromatic carbocycles. The summed E-state index contributed by atoms with van der Waals surface area (Å²) in [4.78, 5) is 18.2. The lowest BCUT2D eigenvalue weighted by atomic mass is 9.94. The van der Waals surface area contributed by atoms with Gasteiger partial charge in [-0.25, -0.2) is 8.42 Å². The fraction of sp³-hybridized carbons (Fsp3) is 0.500. The van der Waals surface area contributed by atoms with Gasteiger partial charge in [0.25, 0.3) is 0 Å². The van der Waals surface area contributed by atoms with E-state index in [1.807, 2.05) is 35.2 Å². The maximum Gasteiger partial charge on any atom is 0.243 e. The molecule has 2 saturated heterocycles. The van der Waals surface area contributed by atoms with Gasteiger partial charge in [-0.3, -0.25) is 4.79 Å². The smallest absolute Gasteiger partial charge is 0.243 e. The maximum absolute atomic E-state index is 13.5. The van der Waals surface area contributed by atoms with Crippen molar-refractivity contribution in [3.05, 3.63) is 65.2 Å². The van der Waals surface area contributed by atoms with Crippen molar-refractivity contribution in [3.63, 3.8) is 0 Å². The van der Waals surface area contributed by atoms with E-state index in [4.69, 9.17) is 0 Å². The maximum atomic E-state index is 13.5. The first kappa shape index (κ1) is 22.6. The minimum Gasteiger partial charge on any atom is -0.333 e. The number of amides is 1. The Hall–Kier alpha value is -2.22. The van der Waals surface area contributed by atoms with E-state index in [-0.39, 0.29) is 17.9 Å². The number of piperazine rings is 1. The van der Waals surface area contributed by atoms with Gasteiger partial charge in [0, 0.05) is 38.6 Å². The van der Waals surface area contributed by atoms with Crippen LogP contribution in [-0.4, -0.2) is 68.2 Å². The van der Waals surface area contributed by atoms with E-state index in [9.17, 15) is 13.2 Å². The molecule has 0 spiro atoms. The Morgan fingerprint density at radius 1 is 0.909 bits per heavy atom. The summed E-state index contributed by atoms with van der Waals surface area (Å²) >= 11 is 0. The second-order valence-corrected chi connectivity index (χ2v) is 11.6.